The highest BCUT2D eigenvalue weighted by atomic mass is 127. The largest absolute Gasteiger partial charge is 0.341 e. The molecule has 1 aliphatic rings. The van der Waals surface area contributed by atoms with Crippen LogP contribution in [0.3, 0.4) is 0 Å². The van der Waals surface area contributed by atoms with Crippen LogP contribution in [0, 0.1) is 16.4 Å². The van der Waals surface area contributed by atoms with Gasteiger partial charge in [0.1, 0.15) is 11.4 Å². The molecule has 0 unspecified atom stereocenters. The van der Waals surface area contributed by atoms with Crippen molar-refractivity contribution in [2.45, 2.75) is 33.2 Å². The molecule has 2 aromatic heterocycles. The normalized spacial score (nSPS) is 16.5. The summed E-state index contributed by atoms with van der Waals surface area (Å²) >= 11 is 3.39. The molecular weight excluding hydrogens is 527 g/mol. The van der Waals surface area contributed by atoms with Crippen LogP contribution in [0.5, 0.6) is 0 Å². The topological polar surface area (TPSA) is 84.3 Å². The Morgan fingerprint density at radius 1 is 1.29 bits per heavy atom. The Morgan fingerprint density at radius 2 is 2.03 bits per heavy atom. The summed E-state index contributed by atoms with van der Waals surface area (Å²) in [5.41, 5.74) is 0.994. The number of rotatable bonds is 4. The van der Waals surface area contributed by atoms with Crippen LogP contribution in [-0.4, -0.2) is 39.4 Å². The Morgan fingerprint density at radius 3 is 2.74 bits per heavy atom. The summed E-state index contributed by atoms with van der Waals surface area (Å²) in [4.78, 5) is 45.7. The molecule has 0 radical (unpaired) electrons. The summed E-state index contributed by atoms with van der Waals surface area (Å²) in [7, 11) is 0. The van der Waals surface area contributed by atoms with Crippen LogP contribution in [0.1, 0.15) is 35.0 Å². The smallest absolute Gasteiger partial charge is 0.266 e. The van der Waals surface area contributed by atoms with Crippen molar-refractivity contribution < 1.29 is 9.59 Å². The van der Waals surface area contributed by atoms with E-state index in [1.807, 2.05) is 29.2 Å². The fourth-order valence-electron chi connectivity index (χ4n) is 3.87. The lowest BCUT2D eigenvalue weighted by Crippen LogP contribution is -2.42. The van der Waals surface area contributed by atoms with Gasteiger partial charge in [0.2, 0.25) is 5.91 Å². The van der Waals surface area contributed by atoms with Crippen LogP contribution in [0.4, 0.5) is 5.69 Å². The number of amides is 2. The van der Waals surface area contributed by atoms with E-state index in [0.717, 1.165) is 29.5 Å². The van der Waals surface area contributed by atoms with Gasteiger partial charge in [-0.2, -0.15) is 0 Å². The molecule has 1 atom stereocenters. The molecule has 1 saturated heterocycles. The van der Waals surface area contributed by atoms with E-state index < -0.39 is 0 Å². The van der Waals surface area contributed by atoms with Gasteiger partial charge in [0, 0.05) is 22.3 Å². The van der Waals surface area contributed by atoms with Crippen LogP contribution < -0.4 is 10.9 Å². The Bertz CT molecular complexity index is 1200. The van der Waals surface area contributed by atoms with Gasteiger partial charge >= 0.3 is 0 Å². The summed E-state index contributed by atoms with van der Waals surface area (Å²) in [6.45, 7) is 5.31. The number of benzene rings is 1. The Labute approximate surface area is 197 Å². The third kappa shape index (κ3) is 4.67. The number of hydrogen-bond acceptors (Lipinski definition) is 5. The second-order valence-electron chi connectivity index (χ2n) is 7.96. The maximum atomic E-state index is 13.1. The van der Waals surface area contributed by atoms with Crippen LogP contribution in [0.25, 0.3) is 10.2 Å². The number of carbonyl (C=O) groups excluding carboxylic acids is 2. The maximum Gasteiger partial charge on any atom is 0.266 e. The number of anilines is 1. The van der Waals surface area contributed by atoms with Gasteiger partial charge in [0.15, 0.2) is 0 Å². The molecular formula is C22H23IN4O3S. The summed E-state index contributed by atoms with van der Waals surface area (Å²) < 4.78 is 2.43. The third-order valence-corrected chi connectivity index (χ3v) is 7.46. The van der Waals surface area contributed by atoms with Crippen LogP contribution in [0.15, 0.2) is 35.4 Å². The highest BCUT2D eigenvalue weighted by molar-refractivity contribution is 14.1. The summed E-state index contributed by atoms with van der Waals surface area (Å²) in [6, 6.07) is 7.49. The zero-order valence-electron chi connectivity index (χ0n) is 17.4. The number of fused-ring (bicyclic) bond motifs is 1. The summed E-state index contributed by atoms with van der Waals surface area (Å²) in [6.07, 6.45) is 3.52. The van der Waals surface area contributed by atoms with Gasteiger partial charge in [-0.1, -0.05) is 6.92 Å². The summed E-state index contributed by atoms with van der Waals surface area (Å²) in [5.74, 6) is 0.133. The molecule has 4 rings (SSSR count). The lowest BCUT2D eigenvalue weighted by atomic mass is 10.0. The molecule has 3 heterocycles. The van der Waals surface area contributed by atoms with Crippen molar-refractivity contribution in [3.05, 3.63) is 55.0 Å². The zero-order valence-corrected chi connectivity index (χ0v) is 20.3. The second-order valence-corrected chi connectivity index (χ2v) is 10.2. The minimum atomic E-state index is -0.287. The molecule has 7 nitrogen and oxygen atoms in total. The molecule has 2 amide bonds. The predicted octanol–water partition coefficient (Wildman–Crippen LogP) is 3.88. The first-order valence-corrected chi connectivity index (χ1v) is 12.1. The Hall–Kier alpha value is -2.27. The molecule has 1 fully saturated rings. The molecule has 0 spiro atoms. The number of thiophene rings is 1. The van der Waals surface area contributed by atoms with Gasteiger partial charge in [-0.05, 0) is 78.1 Å². The van der Waals surface area contributed by atoms with E-state index in [0.29, 0.717) is 32.3 Å². The fraction of sp³-hybridized carbons (Fsp3) is 0.364. The molecule has 0 saturated carbocycles. The first-order chi connectivity index (χ1) is 14.8. The van der Waals surface area contributed by atoms with Gasteiger partial charge in [-0.25, -0.2) is 4.98 Å². The Kier molecular flexibility index (Phi) is 6.42. The number of aryl methyl sites for hydroxylation is 1. The number of nitrogens with zero attached hydrogens (tertiary/aromatic N) is 3. The van der Waals surface area contributed by atoms with E-state index in [1.54, 1.807) is 6.92 Å². The third-order valence-electron chi connectivity index (χ3n) is 5.54. The first-order valence-electron chi connectivity index (χ1n) is 10.2. The standard InChI is InChI=1S/C22H23IN4O3S/c1-13-4-3-9-26(10-13)17(28)11-27-12-24-21-18(22(27)30)14(2)19(31-21)20(29)25-16-7-5-15(23)6-8-16/h5-8,12-13H,3-4,9-11H2,1-2H3,(H,25,29)/t13-/m1/s1. The van der Waals surface area contributed by atoms with Crippen molar-refractivity contribution in [2.24, 2.45) is 5.92 Å². The van der Waals surface area contributed by atoms with E-state index >= 15 is 0 Å². The number of piperidine rings is 1. The lowest BCUT2D eigenvalue weighted by molar-refractivity contribution is -0.133. The fourth-order valence-corrected chi connectivity index (χ4v) is 5.27. The van der Waals surface area contributed by atoms with Crippen LogP contribution in [-0.2, 0) is 11.3 Å². The summed E-state index contributed by atoms with van der Waals surface area (Å²) in [5, 5.41) is 3.27. The monoisotopic (exact) mass is 550 g/mol. The van der Waals surface area contributed by atoms with Gasteiger partial charge in [0.25, 0.3) is 11.5 Å². The lowest BCUT2D eigenvalue weighted by Gasteiger charge is -2.31. The predicted molar refractivity (Wildman–Crippen MR) is 131 cm³/mol. The number of halogens is 1. The number of hydrogen-bond donors (Lipinski definition) is 1. The van der Waals surface area contributed by atoms with Crippen molar-refractivity contribution in [1.29, 1.82) is 0 Å². The van der Waals surface area contributed by atoms with Gasteiger partial charge < -0.3 is 10.2 Å². The van der Waals surface area contributed by atoms with Gasteiger partial charge in [0.05, 0.1) is 16.6 Å². The molecule has 0 aliphatic carbocycles. The van der Waals surface area contributed by atoms with E-state index in [4.69, 9.17) is 0 Å². The molecule has 1 N–H and O–H groups in total. The van der Waals surface area contributed by atoms with Crippen molar-refractivity contribution in [3.8, 4) is 0 Å². The molecule has 31 heavy (non-hydrogen) atoms. The first kappa shape index (κ1) is 21.9. The molecule has 1 aliphatic heterocycles. The minimum absolute atomic E-state index is 0.0338. The van der Waals surface area contributed by atoms with Crippen LogP contribution >= 0.6 is 33.9 Å². The average molecular weight is 550 g/mol. The number of carbonyl (C=O) groups is 2. The molecule has 1 aromatic carbocycles. The van der Waals surface area contributed by atoms with E-state index in [2.05, 4.69) is 39.8 Å². The van der Waals surface area contributed by atoms with Gasteiger partial charge in [-0.3, -0.25) is 19.0 Å². The molecule has 162 valence electrons. The zero-order chi connectivity index (χ0) is 22.1. The van der Waals surface area contributed by atoms with Crippen molar-refractivity contribution in [3.63, 3.8) is 0 Å². The van der Waals surface area contributed by atoms with E-state index in [9.17, 15) is 14.4 Å². The Balaban J connectivity index is 1.58. The van der Waals surface area contributed by atoms with E-state index in [-0.39, 0.29) is 23.9 Å². The number of likely N-dealkylation sites (tertiary alicyclic amines) is 1. The quantitative estimate of drug-likeness (QED) is 0.500. The van der Waals surface area contributed by atoms with E-state index in [1.165, 1.54) is 22.2 Å². The maximum absolute atomic E-state index is 13.1. The van der Waals surface area contributed by atoms with Crippen molar-refractivity contribution in [1.82, 2.24) is 14.5 Å². The van der Waals surface area contributed by atoms with Crippen molar-refractivity contribution >= 4 is 61.6 Å². The van der Waals surface area contributed by atoms with Gasteiger partial charge in [-0.15, -0.1) is 11.3 Å². The SMILES string of the molecule is Cc1c(C(=O)Nc2ccc(I)cc2)sc2ncn(CC(=O)N3CCC[C@@H](C)C3)c(=O)c12. The van der Waals surface area contributed by atoms with Crippen molar-refractivity contribution in [2.75, 3.05) is 18.4 Å². The molecule has 0 bridgehead atoms. The minimum Gasteiger partial charge on any atom is -0.341 e. The average Bonchev–Trinajstić information content (AvgIpc) is 3.09. The number of aromatic nitrogens is 2. The van der Waals surface area contributed by atoms with Crippen LogP contribution in [0.2, 0.25) is 0 Å². The second kappa shape index (κ2) is 9.07. The number of nitrogens with one attached hydrogen (secondary N) is 1. The highest BCUT2D eigenvalue weighted by Gasteiger charge is 2.23. The molecule has 3 aromatic rings. The highest BCUT2D eigenvalue weighted by Crippen LogP contribution is 2.28. The molecule has 9 heteroatoms.